The van der Waals surface area contributed by atoms with Crippen LogP contribution in [0, 0.1) is 41.7 Å². The maximum Gasteiger partial charge on any atom is 0.0973 e. The zero-order chi connectivity index (χ0) is 2.00. The van der Waals surface area contributed by atoms with Gasteiger partial charge in [-0.2, -0.15) is 0 Å². The van der Waals surface area contributed by atoms with Crippen LogP contribution < -0.4 is 0 Å². The van der Waals surface area contributed by atoms with Crippen molar-refractivity contribution in [3.63, 3.8) is 0 Å². The summed E-state index contributed by atoms with van der Waals surface area (Å²) in [6, 6.07) is 0. The van der Waals surface area contributed by atoms with Gasteiger partial charge in [-0.25, -0.2) is 0 Å². The fraction of sp³-hybridized carbons (Fsp3) is 1.00. The first-order valence-electron chi connectivity index (χ1n) is 1.00. The van der Waals surface area contributed by atoms with Gasteiger partial charge < -0.3 is 0 Å². The van der Waals surface area contributed by atoms with Gasteiger partial charge in [0.15, 0.2) is 0 Å². The van der Waals surface area contributed by atoms with E-state index < -0.39 is 0 Å². The van der Waals surface area contributed by atoms with Crippen LogP contribution in [0.5, 0.6) is 0 Å². The van der Waals surface area contributed by atoms with Crippen molar-refractivity contribution in [1.82, 2.24) is 0 Å². The Morgan fingerprint density at radius 1 is 1.25 bits per heavy atom. The Morgan fingerprint density at radius 2 is 1.25 bits per heavy atom. The topological polar surface area (TPSA) is 0 Å². The van der Waals surface area contributed by atoms with E-state index in [4.69, 9.17) is 0 Å². The van der Waals surface area contributed by atoms with E-state index in [2.05, 4.69) is 0 Å². The molecule has 0 unspecified atom stereocenters. The fourth-order valence-electron chi connectivity index (χ4n) is 0. The van der Waals surface area contributed by atoms with Crippen molar-refractivity contribution in [2.24, 2.45) is 0 Å². The van der Waals surface area contributed by atoms with Gasteiger partial charge in [0.1, 0.15) is 0 Å². The molecule has 0 rings (SSSR count). The third-order valence-corrected chi connectivity index (χ3v) is 0. The van der Waals surface area contributed by atoms with Crippen LogP contribution in [0.25, 0.3) is 0 Å². The Balaban J connectivity index is -0.00000000500. The maximum absolute atomic E-state index is 2.00. The first-order chi connectivity index (χ1) is 1.00. The molecule has 20 valence electrons. The molecule has 0 saturated heterocycles. The largest absolute Gasteiger partial charge is 0.0973 e. The maximum atomic E-state index is 2.00. The summed E-state index contributed by atoms with van der Waals surface area (Å²) in [6.45, 7) is 2.00. The Hall–Kier alpha value is 2.16. The van der Waals surface area contributed by atoms with E-state index in [0.29, 0.717) is 0 Å². The van der Waals surface area contributed by atoms with E-state index >= 15 is 0 Å². The summed E-state index contributed by atoms with van der Waals surface area (Å²) in [6.07, 6.45) is 0. The minimum Gasteiger partial charge on any atom is -0.0927 e. The SMILES string of the molecule is BC.[Ce].[Ti]. The van der Waals surface area contributed by atoms with E-state index in [-0.39, 0.29) is 63.5 Å². The van der Waals surface area contributed by atoms with Crippen molar-refractivity contribution in [2.75, 3.05) is 0 Å². The Labute approximate surface area is 76.8 Å². The molecule has 0 heterocycles. The molecule has 0 N–H and O–H groups in total. The second-order valence-corrected chi connectivity index (χ2v) is 0. The first-order valence-corrected chi connectivity index (χ1v) is 1.00. The van der Waals surface area contributed by atoms with E-state index in [1.807, 2.05) is 14.7 Å². The van der Waals surface area contributed by atoms with Gasteiger partial charge in [-0.15, -0.1) is 0 Å². The van der Waals surface area contributed by atoms with Crippen LogP contribution in [0.15, 0.2) is 0 Å². The van der Waals surface area contributed by atoms with Gasteiger partial charge in [-0.3, -0.25) is 0 Å². The van der Waals surface area contributed by atoms with E-state index in [0.717, 1.165) is 0 Å². The van der Waals surface area contributed by atoms with Gasteiger partial charge in [0.25, 0.3) is 0 Å². The molecular weight excluding hydrogens is 211 g/mol. The molecule has 0 radical (unpaired) electrons. The average Bonchev–Trinajstić information content (AvgIpc) is 1.00. The Morgan fingerprint density at radius 3 is 1.25 bits per heavy atom. The summed E-state index contributed by atoms with van der Waals surface area (Å²) < 4.78 is 0. The minimum absolute atomic E-state index is 0. The standard InChI is InChI=1S/CH5B.Ce.Ti/c1-2;;/h2H2,1H3;;. The minimum atomic E-state index is 0. The first kappa shape index (κ1) is 16.4. The summed E-state index contributed by atoms with van der Waals surface area (Å²) >= 11 is 0. The number of hydrogen-bond donors (Lipinski definition) is 0. The fourth-order valence-corrected chi connectivity index (χ4v) is 0. The number of rotatable bonds is 0. The third-order valence-electron chi connectivity index (χ3n) is 0. The normalized spacial score (nSPS) is 1.25. The molecule has 0 aliphatic heterocycles. The summed E-state index contributed by atoms with van der Waals surface area (Å²) in [5.41, 5.74) is 0. The van der Waals surface area contributed by atoms with Crippen molar-refractivity contribution < 1.29 is 63.5 Å². The Bertz CT molecular complexity index is 8.00. The molecule has 0 amide bonds. The molecule has 0 atom stereocenters. The summed E-state index contributed by atoms with van der Waals surface area (Å²) in [4.78, 5) is 0. The van der Waals surface area contributed by atoms with Crippen LogP contribution >= 0.6 is 0 Å². The van der Waals surface area contributed by atoms with Crippen LogP contribution in [0.2, 0.25) is 6.82 Å². The summed E-state index contributed by atoms with van der Waals surface area (Å²) in [5, 5.41) is 0. The van der Waals surface area contributed by atoms with Crippen LogP contribution in [-0.4, -0.2) is 7.85 Å². The van der Waals surface area contributed by atoms with Gasteiger partial charge in [0, 0.05) is 63.5 Å². The molecule has 0 bridgehead atoms. The molecule has 0 aromatic rings. The van der Waals surface area contributed by atoms with Crippen molar-refractivity contribution in [2.45, 2.75) is 6.82 Å². The summed E-state index contributed by atoms with van der Waals surface area (Å²) in [5.74, 6) is 0. The molecule has 0 fully saturated rings. The predicted molar refractivity (Wildman–Crippen MR) is 14.4 cm³/mol. The van der Waals surface area contributed by atoms with Gasteiger partial charge in [-0.05, 0) is 0 Å². The van der Waals surface area contributed by atoms with Gasteiger partial charge in [0.2, 0.25) is 0 Å². The van der Waals surface area contributed by atoms with Crippen molar-refractivity contribution in [1.29, 1.82) is 0 Å². The Kier molecular flexibility index (Phi) is 78.7. The molecule has 0 aromatic heterocycles. The molecule has 0 aromatic carbocycles. The van der Waals surface area contributed by atoms with Crippen LogP contribution in [-0.2, 0) is 21.7 Å². The molecule has 4 heavy (non-hydrogen) atoms. The molecule has 0 spiro atoms. The quantitative estimate of drug-likeness (QED) is 0.486. The van der Waals surface area contributed by atoms with E-state index in [1.54, 1.807) is 0 Å². The van der Waals surface area contributed by atoms with Crippen LogP contribution in [0.1, 0.15) is 0 Å². The van der Waals surface area contributed by atoms with Gasteiger partial charge in [0.05, 0.1) is 7.85 Å². The summed E-state index contributed by atoms with van der Waals surface area (Å²) in [7, 11) is 2.00. The zero-order valence-corrected chi connectivity index (χ0v) is 7.70. The van der Waals surface area contributed by atoms with Crippen molar-refractivity contribution >= 4 is 7.85 Å². The predicted octanol–water partition coefficient (Wildman–Crippen LogP) is -0.335. The van der Waals surface area contributed by atoms with E-state index in [9.17, 15) is 0 Å². The van der Waals surface area contributed by atoms with Crippen molar-refractivity contribution in [3.05, 3.63) is 0 Å². The van der Waals surface area contributed by atoms with Crippen LogP contribution in [0.4, 0.5) is 0 Å². The molecule has 0 aliphatic carbocycles. The van der Waals surface area contributed by atoms with Crippen LogP contribution in [0.3, 0.4) is 0 Å². The zero-order valence-electron chi connectivity index (χ0n) is 3.00. The third kappa shape index (κ3) is 8.91. The molecule has 3 heteroatoms. The van der Waals surface area contributed by atoms with Gasteiger partial charge >= 0.3 is 0 Å². The van der Waals surface area contributed by atoms with E-state index in [1.165, 1.54) is 0 Å². The molecule has 0 nitrogen and oxygen atoms in total. The molecular formula is CH5BCeTi. The second-order valence-electron chi connectivity index (χ2n) is 0. The molecule has 0 saturated carbocycles. The number of hydrogen-bond acceptors (Lipinski definition) is 0. The van der Waals surface area contributed by atoms with Crippen molar-refractivity contribution in [3.8, 4) is 0 Å². The smallest absolute Gasteiger partial charge is 0.0927 e. The molecule has 0 aliphatic rings. The van der Waals surface area contributed by atoms with Gasteiger partial charge in [-0.1, -0.05) is 6.82 Å². The second kappa shape index (κ2) is 19.2. The monoisotopic (exact) mass is 216 g/mol. The average molecular weight is 216 g/mol.